The van der Waals surface area contributed by atoms with Gasteiger partial charge in [0.05, 0.1) is 12.9 Å². The van der Waals surface area contributed by atoms with Gasteiger partial charge in [0.15, 0.2) is 0 Å². The second-order valence-electron chi connectivity index (χ2n) is 5.64. The summed E-state index contributed by atoms with van der Waals surface area (Å²) in [6.07, 6.45) is 0.878. The van der Waals surface area contributed by atoms with Crippen molar-refractivity contribution in [2.75, 3.05) is 20.7 Å². The Balaban J connectivity index is 2.51. The predicted molar refractivity (Wildman–Crippen MR) is 79.6 cm³/mol. The summed E-state index contributed by atoms with van der Waals surface area (Å²) in [6.45, 7) is 5.79. The molecule has 0 atom stereocenters. The molecule has 0 saturated heterocycles. The van der Waals surface area contributed by atoms with Crippen LogP contribution in [0.5, 0.6) is 5.75 Å². The average molecular weight is 263 g/mol. The second kappa shape index (κ2) is 6.57. The van der Waals surface area contributed by atoms with Crippen LogP contribution in [0.25, 0.3) is 0 Å². The van der Waals surface area contributed by atoms with Crippen molar-refractivity contribution in [2.24, 2.45) is 11.1 Å². The molecule has 0 aliphatic rings. The van der Waals surface area contributed by atoms with E-state index in [4.69, 9.17) is 15.9 Å². The Morgan fingerprint density at radius 1 is 1.42 bits per heavy atom. The number of nitrogens with two attached hydrogens (primary N) is 1. The van der Waals surface area contributed by atoms with Crippen molar-refractivity contribution in [3.05, 3.63) is 29.8 Å². The third kappa shape index (κ3) is 4.91. The molecule has 0 aliphatic heterocycles. The summed E-state index contributed by atoms with van der Waals surface area (Å²) in [7, 11) is 3.76. The minimum atomic E-state index is -0.233. The van der Waals surface area contributed by atoms with Crippen LogP contribution in [0.2, 0.25) is 0 Å². The summed E-state index contributed by atoms with van der Waals surface area (Å²) in [5.41, 5.74) is 6.59. The quantitative estimate of drug-likeness (QED) is 0.587. The van der Waals surface area contributed by atoms with Crippen LogP contribution >= 0.6 is 0 Å². The monoisotopic (exact) mass is 263 g/mol. The predicted octanol–water partition coefficient (Wildman–Crippen LogP) is 2.48. The Morgan fingerprint density at radius 2 is 2.11 bits per heavy atom. The zero-order valence-corrected chi connectivity index (χ0v) is 12.4. The summed E-state index contributed by atoms with van der Waals surface area (Å²) in [5, 5.41) is 7.56. The third-order valence-corrected chi connectivity index (χ3v) is 3.43. The standard InChI is InChI=1S/C15H25N3O/c1-15(2,14(16)17)8-9-18(3)11-12-6-5-7-13(10-12)19-4/h5-7,10H,8-9,11H2,1-4H3,(H3,16,17). The first-order chi connectivity index (χ1) is 8.85. The van der Waals surface area contributed by atoms with Crippen LogP contribution in [-0.2, 0) is 6.54 Å². The van der Waals surface area contributed by atoms with Crippen LogP contribution in [0.3, 0.4) is 0 Å². The SMILES string of the molecule is COc1cccc(CN(C)CCC(C)(C)C(=N)N)c1. The number of methoxy groups -OCH3 is 1. The number of ether oxygens (including phenoxy) is 1. The second-order valence-corrected chi connectivity index (χ2v) is 5.64. The number of hydrogen-bond donors (Lipinski definition) is 2. The van der Waals surface area contributed by atoms with Crippen molar-refractivity contribution in [3.8, 4) is 5.75 Å². The zero-order chi connectivity index (χ0) is 14.5. The van der Waals surface area contributed by atoms with Gasteiger partial charge in [-0.3, -0.25) is 5.41 Å². The van der Waals surface area contributed by atoms with E-state index in [0.717, 1.165) is 25.3 Å². The minimum Gasteiger partial charge on any atom is -0.497 e. The molecule has 0 amide bonds. The van der Waals surface area contributed by atoms with E-state index in [1.54, 1.807) is 7.11 Å². The first-order valence-electron chi connectivity index (χ1n) is 6.51. The lowest BCUT2D eigenvalue weighted by atomic mass is 9.88. The zero-order valence-electron chi connectivity index (χ0n) is 12.4. The molecule has 0 saturated carbocycles. The van der Waals surface area contributed by atoms with Gasteiger partial charge >= 0.3 is 0 Å². The Kier molecular flexibility index (Phi) is 5.36. The molecular formula is C15H25N3O. The van der Waals surface area contributed by atoms with Gasteiger partial charge in [0.25, 0.3) is 0 Å². The van der Waals surface area contributed by atoms with Crippen LogP contribution in [0.1, 0.15) is 25.8 Å². The van der Waals surface area contributed by atoms with E-state index in [-0.39, 0.29) is 11.3 Å². The molecule has 1 aromatic carbocycles. The van der Waals surface area contributed by atoms with Crippen LogP contribution < -0.4 is 10.5 Å². The molecule has 0 fully saturated rings. The van der Waals surface area contributed by atoms with Crippen molar-refractivity contribution >= 4 is 5.84 Å². The Labute approximate surface area is 116 Å². The molecule has 0 spiro atoms. The lowest BCUT2D eigenvalue weighted by Gasteiger charge is -2.26. The number of amidine groups is 1. The van der Waals surface area contributed by atoms with Gasteiger partial charge < -0.3 is 15.4 Å². The van der Waals surface area contributed by atoms with Crippen molar-refractivity contribution in [1.82, 2.24) is 4.90 Å². The normalized spacial score (nSPS) is 11.6. The van der Waals surface area contributed by atoms with E-state index >= 15 is 0 Å². The number of nitrogens with one attached hydrogen (secondary N) is 1. The molecule has 0 aromatic heterocycles. The Hall–Kier alpha value is -1.55. The molecule has 0 aliphatic carbocycles. The topological polar surface area (TPSA) is 62.3 Å². The molecule has 3 N–H and O–H groups in total. The average Bonchev–Trinajstić information content (AvgIpc) is 2.36. The number of nitrogens with zero attached hydrogens (tertiary/aromatic N) is 1. The molecule has 0 heterocycles. The molecule has 106 valence electrons. The van der Waals surface area contributed by atoms with Crippen molar-refractivity contribution < 1.29 is 4.74 Å². The van der Waals surface area contributed by atoms with Crippen LogP contribution in [-0.4, -0.2) is 31.4 Å². The fraction of sp³-hybridized carbons (Fsp3) is 0.533. The van der Waals surface area contributed by atoms with Gasteiger partial charge in [-0.1, -0.05) is 26.0 Å². The molecule has 4 nitrogen and oxygen atoms in total. The maximum atomic E-state index is 7.56. The van der Waals surface area contributed by atoms with E-state index in [1.807, 2.05) is 32.0 Å². The molecular weight excluding hydrogens is 238 g/mol. The highest BCUT2D eigenvalue weighted by molar-refractivity contribution is 5.82. The first-order valence-corrected chi connectivity index (χ1v) is 6.51. The van der Waals surface area contributed by atoms with Crippen molar-refractivity contribution in [2.45, 2.75) is 26.8 Å². The fourth-order valence-corrected chi connectivity index (χ4v) is 1.77. The minimum absolute atomic E-state index is 0.233. The van der Waals surface area contributed by atoms with Gasteiger partial charge in [-0.15, -0.1) is 0 Å². The van der Waals surface area contributed by atoms with E-state index in [9.17, 15) is 0 Å². The summed E-state index contributed by atoms with van der Waals surface area (Å²) in [4.78, 5) is 2.24. The smallest absolute Gasteiger partial charge is 0.119 e. The van der Waals surface area contributed by atoms with Gasteiger partial charge in [-0.25, -0.2) is 0 Å². The van der Waals surface area contributed by atoms with Crippen LogP contribution in [0.15, 0.2) is 24.3 Å². The Morgan fingerprint density at radius 3 is 2.68 bits per heavy atom. The molecule has 0 bridgehead atoms. The molecule has 0 unspecified atom stereocenters. The third-order valence-electron chi connectivity index (χ3n) is 3.43. The van der Waals surface area contributed by atoms with Crippen LogP contribution in [0, 0.1) is 10.8 Å². The Bertz CT molecular complexity index is 429. The number of rotatable bonds is 7. The van der Waals surface area contributed by atoms with Crippen molar-refractivity contribution in [3.63, 3.8) is 0 Å². The highest BCUT2D eigenvalue weighted by atomic mass is 16.5. The molecule has 1 aromatic rings. The molecule has 19 heavy (non-hydrogen) atoms. The lowest BCUT2D eigenvalue weighted by molar-refractivity contribution is 0.284. The van der Waals surface area contributed by atoms with E-state index in [0.29, 0.717) is 0 Å². The lowest BCUT2D eigenvalue weighted by Crippen LogP contribution is -2.34. The molecule has 0 radical (unpaired) electrons. The van der Waals surface area contributed by atoms with E-state index < -0.39 is 0 Å². The first kappa shape index (κ1) is 15.5. The summed E-state index contributed by atoms with van der Waals surface area (Å²) >= 11 is 0. The van der Waals surface area contributed by atoms with Gasteiger partial charge in [0.2, 0.25) is 0 Å². The van der Waals surface area contributed by atoms with E-state index in [1.165, 1.54) is 5.56 Å². The maximum Gasteiger partial charge on any atom is 0.119 e. The van der Waals surface area contributed by atoms with Gasteiger partial charge in [0.1, 0.15) is 5.75 Å². The summed E-state index contributed by atoms with van der Waals surface area (Å²) in [6, 6.07) is 8.09. The number of benzene rings is 1. The van der Waals surface area contributed by atoms with Crippen molar-refractivity contribution in [1.29, 1.82) is 5.41 Å². The highest BCUT2D eigenvalue weighted by Gasteiger charge is 2.21. The van der Waals surface area contributed by atoms with Gasteiger partial charge in [-0.05, 0) is 37.7 Å². The fourth-order valence-electron chi connectivity index (χ4n) is 1.77. The van der Waals surface area contributed by atoms with E-state index in [2.05, 4.69) is 18.0 Å². The highest BCUT2D eigenvalue weighted by Crippen LogP contribution is 2.20. The summed E-state index contributed by atoms with van der Waals surface area (Å²) in [5.74, 6) is 1.14. The van der Waals surface area contributed by atoms with Gasteiger partial charge in [0, 0.05) is 12.0 Å². The van der Waals surface area contributed by atoms with Crippen LogP contribution in [0.4, 0.5) is 0 Å². The molecule has 1 rings (SSSR count). The van der Waals surface area contributed by atoms with Gasteiger partial charge in [-0.2, -0.15) is 0 Å². The number of hydrogen-bond acceptors (Lipinski definition) is 3. The summed E-state index contributed by atoms with van der Waals surface area (Å²) < 4.78 is 5.22. The molecule has 4 heteroatoms. The largest absolute Gasteiger partial charge is 0.497 e. The maximum absolute atomic E-state index is 7.56.